The molecule has 0 spiro atoms. The molecule has 5 nitrogen and oxygen atoms in total. The van der Waals surface area contributed by atoms with Crippen LogP contribution in [0, 0.1) is 5.41 Å². The van der Waals surface area contributed by atoms with Gasteiger partial charge in [-0.15, -0.1) is 0 Å². The normalized spacial score (nSPS) is 30.5. The van der Waals surface area contributed by atoms with Gasteiger partial charge >= 0.3 is 5.97 Å². The average Bonchev–Trinajstić information content (AvgIpc) is 2.26. The van der Waals surface area contributed by atoms with Crippen molar-refractivity contribution in [2.24, 2.45) is 5.41 Å². The molecule has 1 aliphatic carbocycles. The van der Waals surface area contributed by atoms with Gasteiger partial charge in [0.15, 0.2) is 0 Å². The van der Waals surface area contributed by atoms with Gasteiger partial charge in [-0.3, -0.25) is 4.79 Å². The predicted octanol–water partition coefficient (Wildman–Crippen LogP) is 1.17. The zero-order valence-electron chi connectivity index (χ0n) is 10.9. The van der Waals surface area contributed by atoms with E-state index in [9.17, 15) is 14.7 Å². The Balaban J connectivity index is 2.90. The van der Waals surface area contributed by atoms with Crippen molar-refractivity contribution in [3.05, 3.63) is 0 Å². The molecule has 0 bridgehead atoms. The Hall–Kier alpha value is -1.10. The van der Waals surface area contributed by atoms with E-state index in [1.807, 2.05) is 20.8 Å². The van der Waals surface area contributed by atoms with Gasteiger partial charge in [0.1, 0.15) is 5.54 Å². The van der Waals surface area contributed by atoms with Crippen LogP contribution < -0.4 is 5.32 Å². The minimum absolute atomic E-state index is 0.124. The van der Waals surface area contributed by atoms with Crippen LogP contribution in [0.4, 0.5) is 0 Å². The minimum Gasteiger partial charge on any atom is -0.479 e. The molecule has 0 aliphatic heterocycles. The van der Waals surface area contributed by atoms with Crippen molar-refractivity contribution in [2.75, 3.05) is 6.61 Å². The summed E-state index contributed by atoms with van der Waals surface area (Å²) in [7, 11) is 0. The molecule has 17 heavy (non-hydrogen) atoms. The number of amides is 1. The van der Waals surface area contributed by atoms with Crippen LogP contribution in [0.1, 0.15) is 40.5 Å². The lowest BCUT2D eigenvalue weighted by Crippen LogP contribution is -2.76. The van der Waals surface area contributed by atoms with Gasteiger partial charge in [-0.05, 0) is 6.92 Å². The summed E-state index contributed by atoms with van der Waals surface area (Å²) in [6.07, 6.45) is 0.486. The van der Waals surface area contributed by atoms with E-state index in [-0.39, 0.29) is 18.4 Å². The van der Waals surface area contributed by atoms with E-state index in [0.29, 0.717) is 13.0 Å². The first kappa shape index (κ1) is 14.0. The molecular weight excluding hydrogens is 222 g/mol. The molecule has 2 unspecified atom stereocenters. The summed E-state index contributed by atoms with van der Waals surface area (Å²) in [6.45, 7) is 7.77. The number of aliphatic carboxylic acids is 1. The van der Waals surface area contributed by atoms with E-state index in [1.165, 1.54) is 0 Å². The number of rotatable bonds is 5. The monoisotopic (exact) mass is 243 g/mol. The van der Waals surface area contributed by atoms with E-state index < -0.39 is 16.9 Å². The van der Waals surface area contributed by atoms with Gasteiger partial charge in [0.05, 0.1) is 6.10 Å². The summed E-state index contributed by atoms with van der Waals surface area (Å²) >= 11 is 0. The standard InChI is InChI=1S/C12H21NO4/c1-5-9(14)13-12(10(15)16)7-8(17-6-2)11(12,3)4/h8H,5-7H2,1-4H3,(H,13,14)(H,15,16). The molecule has 0 aromatic carbocycles. The summed E-state index contributed by atoms with van der Waals surface area (Å²) in [6, 6.07) is 0. The third-order valence-corrected chi connectivity index (χ3v) is 3.80. The van der Waals surface area contributed by atoms with Gasteiger partial charge in [-0.1, -0.05) is 20.8 Å². The first-order valence-corrected chi connectivity index (χ1v) is 5.97. The molecule has 0 saturated heterocycles. The number of carboxylic acids is 1. The molecule has 0 radical (unpaired) electrons. The van der Waals surface area contributed by atoms with Crippen molar-refractivity contribution in [3.63, 3.8) is 0 Å². The maximum absolute atomic E-state index is 11.5. The zero-order chi connectivity index (χ0) is 13.3. The van der Waals surface area contributed by atoms with E-state index in [1.54, 1.807) is 6.92 Å². The van der Waals surface area contributed by atoms with Crippen LogP contribution in [-0.2, 0) is 14.3 Å². The zero-order valence-corrected chi connectivity index (χ0v) is 10.9. The quantitative estimate of drug-likeness (QED) is 0.760. The molecule has 0 heterocycles. The molecule has 1 rings (SSSR count). The van der Waals surface area contributed by atoms with Crippen LogP contribution in [0.2, 0.25) is 0 Å². The van der Waals surface area contributed by atoms with Gasteiger partial charge < -0.3 is 15.2 Å². The topological polar surface area (TPSA) is 75.6 Å². The van der Waals surface area contributed by atoms with Crippen molar-refractivity contribution in [2.45, 2.75) is 52.2 Å². The number of hydrogen-bond acceptors (Lipinski definition) is 3. The van der Waals surface area contributed by atoms with Crippen LogP contribution in [0.3, 0.4) is 0 Å². The first-order chi connectivity index (χ1) is 7.81. The first-order valence-electron chi connectivity index (χ1n) is 5.97. The molecule has 1 fully saturated rings. The Morgan fingerprint density at radius 3 is 2.35 bits per heavy atom. The van der Waals surface area contributed by atoms with Gasteiger partial charge in [-0.2, -0.15) is 0 Å². The summed E-state index contributed by atoms with van der Waals surface area (Å²) in [5.74, 6) is -1.23. The Labute approximate surface area is 102 Å². The SMILES string of the molecule is CCOC1CC(NC(=O)CC)(C(=O)O)C1(C)C. The molecule has 2 N–H and O–H groups in total. The average molecular weight is 243 g/mol. The molecule has 5 heteroatoms. The second-order valence-electron chi connectivity index (χ2n) is 4.98. The van der Waals surface area contributed by atoms with E-state index >= 15 is 0 Å². The Kier molecular flexibility index (Phi) is 3.81. The summed E-state index contributed by atoms with van der Waals surface area (Å²) in [4.78, 5) is 22.9. The summed E-state index contributed by atoms with van der Waals surface area (Å²) in [5, 5.41) is 12.0. The fourth-order valence-corrected chi connectivity index (χ4v) is 2.36. The Morgan fingerprint density at radius 2 is 2.00 bits per heavy atom. The lowest BCUT2D eigenvalue weighted by molar-refractivity contribution is -0.194. The Bertz CT molecular complexity index is 326. The van der Waals surface area contributed by atoms with Crippen LogP contribution in [-0.4, -0.2) is 35.2 Å². The van der Waals surface area contributed by atoms with Crippen molar-refractivity contribution in [3.8, 4) is 0 Å². The lowest BCUT2D eigenvalue weighted by Gasteiger charge is -2.58. The molecule has 98 valence electrons. The van der Waals surface area contributed by atoms with Crippen LogP contribution in [0.25, 0.3) is 0 Å². The van der Waals surface area contributed by atoms with Crippen LogP contribution >= 0.6 is 0 Å². The lowest BCUT2D eigenvalue weighted by atomic mass is 9.54. The second kappa shape index (κ2) is 4.64. The maximum Gasteiger partial charge on any atom is 0.330 e. The van der Waals surface area contributed by atoms with Crippen molar-refractivity contribution in [1.82, 2.24) is 5.32 Å². The molecule has 0 aromatic rings. The summed E-state index contributed by atoms with van der Waals surface area (Å²) < 4.78 is 5.50. The Morgan fingerprint density at radius 1 is 1.41 bits per heavy atom. The van der Waals surface area contributed by atoms with Gasteiger partial charge in [-0.25, -0.2) is 4.79 Å². The molecule has 1 aliphatic rings. The molecular formula is C12H21NO4. The molecule has 1 saturated carbocycles. The number of ether oxygens (including phenoxy) is 1. The van der Waals surface area contributed by atoms with Crippen LogP contribution in [0.15, 0.2) is 0 Å². The van der Waals surface area contributed by atoms with Gasteiger partial charge in [0.2, 0.25) is 5.91 Å². The highest BCUT2D eigenvalue weighted by atomic mass is 16.5. The van der Waals surface area contributed by atoms with Crippen molar-refractivity contribution < 1.29 is 19.4 Å². The number of carboxylic acid groups (broad SMARTS) is 1. The smallest absolute Gasteiger partial charge is 0.330 e. The second-order valence-corrected chi connectivity index (χ2v) is 4.98. The molecule has 0 aromatic heterocycles. The maximum atomic E-state index is 11.5. The highest BCUT2D eigenvalue weighted by Gasteiger charge is 2.66. The summed E-state index contributed by atoms with van der Waals surface area (Å²) in [5.41, 5.74) is -1.79. The van der Waals surface area contributed by atoms with E-state index in [2.05, 4.69) is 5.32 Å². The number of carbonyl (C=O) groups excluding carboxylic acids is 1. The van der Waals surface area contributed by atoms with Crippen LogP contribution in [0.5, 0.6) is 0 Å². The minimum atomic E-state index is -1.19. The predicted molar refractivity (Wildman–Crippen MR) is 62.6 cm³/mol. The number of hydrogen-bond donors (Lipinski definition) is 2. The fourth-order valence-electron chi connectivity index (χ4n) is 2.36. The van der Waals surface area contributed by atoms with Crippen molar-refractivity contribution in [1.29, 1.82) is 0 Å². The third kappa shape index (κ3) is 2.04. The third-order valence-electron chi connectivity index (χ3n) is 3.80. The molecule has 2 atom stereocenters. The highest BCUT2D eigenvalue weighted by Crippen LogP contribution is 2.51. The fraction of sp³-hybridized carbons (Fsp3) is 0.833. The highest BCUT2D eigenvalue weighted by molar-refractivity contribution is 5.89. The van der Waals surface area contributed by atoms with Crippen molar-refractivity contribution >= 4 is 11.9 Å². The number of nitrogens with one attached hydrogen (secondary N) is 1. The van der Waals surface area contributed by atoms with Gasteiger partial charge in [0.25, 0.3) is 0 Å². The molecule has 1 amide bonds. The largest absolute Gasteiger partial charge is 0.479 e. The number of carbonyl (C=O) groups is 2. The van der Waals surface area contributed by atoms with E-state index in [0.717, 1.165) is 0 Å². The van der Waals surface area contributed by atoms with E-state index in [4.69, 9.17) is 4.74 Å². The van der Waals surface area contributed by atoms with Gasteiger partial charge in [0, 0.05) is 24.9 Å².